The van der Waals surface area contributed by atoms with Gasteiger partial charge in [-0.2, -0.15) is 13.2 Å². The van der Waals surface area contributed by atoms with Gasteiger partial charge in [0.2, 0.25) is 0 Å². The van der Waals surface area contributed by atoms with E-state index in [0.29, 0.717) is 5.56 Å². The van der Waals surface area contributed by atoms with Crippen LogP contribution in [0.15, 0.2) is 54.6 Å². The number of hydrogen-bond acceptors (Lipinski definition) is 3. The summed E-state index contributed by atoms with van der Waals surface area (Å²) in [6, 6.07) is 13.0. The largest absolute Gasteiger partial charge is 0.481 e. The van der Waals surface area contributed by atoms with Crippen LogP contribution in [0.1, 0.15) is 29.5 Å². The summed E-state index contributed by atoms with van der Waals surface area (Å²) in [5.74, 6) is -1.03. The fraction of sp³-hybridized carbons (Fsp3) is 0.300. The number of carboxylic acid groups (broad SMARTS) is 1. The van der Waals surface area contributed by atoms with Gasteiger partial charge in [0, 0.05) is 12.5 Å². The number of carbonyl (C=O) groups excluding carboxylic acids is 1. The topological polar surface area (TPSA) is 75.6 Å². The van der Waals surface area contributed by atoms with Gasteiger partial charge in [-0.25, -0.2) is 4.79 Å². The quantitative estimate of drug-likeness (QED) is 0.694. The van der Waals surface area contributed by atoms with Crippen molar-refractivity contribution < 1.29 is 32.6 Å². The minimum absolute atomic E-state index is 0.0542. The van der Waals surface area contributed by atoms with Crippen molar-refractivity contribution in [3.63, 3.8) is 0 Å². The average molecular weight is 395 g/mol. The SMILES string of the molecule is O=C(O)CCC(Cc1ccc(C(F)(F)F)cc1)NC(=O)OCc1ccccc1. The van der Waals surface area contributed by atoms with Crippen LogP contribution >= 0.6 is 0 Å². The fourth-order valence-corrected chi connectivity index (χ4v) is 2.57. The molecule has 0 saturated carbocycles. The third-order valence-corrected chi connectivity index (χ3v) is 4.00. The van der Waals surface area contributed by atoms with Gasteiger partial charge >= 0.3 is 18.2 Å². The molecule has 1 amide bonds. The van der Waals surface area contributed by atoms with E-state index in [9.17, 15) is 22.8 Å². The van der Waals surface area contributed by atoms with Gasteiger partial charge in [0.15, 0.2) is 0 Å². The summed E-state index contributed by atoms with van der Waals surface area (Å²) in [4.78, 5) is 22.9. The molecule has 0 aliphatic heterocycles. The highest BCUT2D eigenvalue weighted by molar-refractivity contribution is 5.68. The normalized spacial score (nSPS) is 12.2. The first-order valence-corrected chi connectivity index (χ1v) is 8.59. The van der Waals surface area contributed by atoms with Crippen molar-refractivity contribution in [3.05, 3.63) is 71.3 Å². The van der Waals surface area contributed by atoms with Crippen LogP contribution in [-0.4, -0.2) is 23.2 Å². The molecule has 2 rings (SSSR count). The lowest BCUT2D eigenvalue weighted by Crippen LogP contribution is -2.37. The maximum Gasteiger partial charge on any atom is 0.416 e. The number of hydrogen-bond donors (Lipinski definition) is 2. The zero-order valence-corrected chi connectivity index (χ0v) is 14.9. The first kappa shape index (κ1) is 21.3. The average Bonchev–Trinajstić information content (AvgIpc) is 2.65. The highest BCUT2D eigenvalue weighted by atomic mass is 19.4. The maximum atomic E-state index is 12.6. The second-order valence-corrected chi connectivity index (χ2v) is 6.23. The van der Waals surface area contributed by atoms with Crippen LogP contribution in [0.2, 0.25) is 0 Å². The molecule has 5 nitrogen and oxygen atoms in total. The van der Waals surface area contributed by atoms with Crippen molar-refractivity contribution in [2.24, 2.45) is 0 Å². The van der Waals surface area contributed by atoms with E-state index < -0.39 is 29.8 Å². The van der Waals surface area contributed by atoms with Gasteiger partial charge in [0.25, 0.3) is 0 Å². The molecule has 0 aliphatic carbocycles. The molecule has 150 valence electrons. The first-order chi connectivity index (χ1) is 13.2. The molecule has 8 heteroatoms. The number of aliphatic carboxylic acids is 1. The molecule has 1 atom stereocenters. The van der Waals surface area contributed by atoms with Gasteiger partial charge < -0.3 is 15.2 Å². The van der Waals surface area contributed by atoms with Gasteiger partial charge in [-0.1, -0.05) is 42.5 Å². The number of nitrogens with one attached hydrogen (secondary N) is 1. The molecule has 28 heavy (non-hydrogen) atoms. The van der Waals surface area contributed by atoms with E-state index in [1.807, 2.05) is 6.07 Å². The van der Waals surface area contributed by atoms with Gasteiger partial charge in [-0.3, -0.25) is 4.79 Å². The summed E-state index contributed by atoms with van der Waals surface area (Å²) in [5.41, 5.74) is 0.572. The Balaban J connectivity index is 1.96. The van der Waals surface area contributed by atoms with Crippen LogP contribution in [0.3, 0.4) is 0 Å². The summed E-state index contributed by atoms with van der Waals surface area (Å²) in [6.45, 7) is 0.0542. The molecular formula is C20H20F3NO4. The number of benzene rings is 2. The zero-order chi connectivity index (χ0) is 20.6. The molecule has 2 N–H and O–H groups in total. The van der Waals surface area contributed by atoms with Gasteiger partial charge in [-0.05, 0) is 36.1 Å². The molecule has 0 spiro atoms. The first-order valence-electron chi connectivity index (χ1n) is 8.59. The third kappa shape index (κ3) is 7.30. The molecule has 0 aromatic heterocycles. The van der Waals surface area contributed by atoms with Crippen LogP contribution in [0.4, 0.5) is 18.0 Å². The predicted molar refractivity (Wildman–Crippen MR) is 95.6 cm³/mol. The minimum atomic E-state index is -4.43. The maximum absolute atomic E-state index is 12.6. The molecule has 1 unspecified atom stereocenters. The summed E-state index contributed by atoms with van der Waals surface area (Å²) < 4.78 is 43.1. The van der Waals surface area contributed by atoms with Gasteiger partial charge in [-0.15, -0.1) is 0 Å². The van der Waals surface area contributed by atoms with Crippen molar-refractivity contribution in [1.29, 1.82) is 0 Å². The number of carbonyl (C=O) groups is 2. The van der Waals surface area contributed by atoms with Crippen molar-refractivity contribution in [3.8, 4) is 0 Å². The van der Waals surface area contributed by atoms with Crippen LogP contribution in [0.25, 0.3) is 0 Å². The Labute approximate surface area is 160 Å². The fourth-order valence-electron chi connectivity index (χ4n) is 2.57. The number of alkyl halides is 3. The van der Waals surface area contributed by atoms with Crippen molar-refractivity contribution >= 4 is 12.1 Å². The number of alkyl carbamates (subject to hydrolysis) is 1. The Morgan fingerprint density at radius 3 is 2.21 bits per heavy atom. The monoisotopic (exact) mass is 395 g/mol. The molecule has 2 aromatic carbocycles. The highest BCUT2D eigenvalue weighted by Crippen LogP contribution is 2.29. The van der Waals surface area contributed by atoms with E-state index in [0.717, 1.165) is 17.7 Å². The Kier molecular flexibility index (Phi) is 7.43. The van der Waals surface area contributed by atoms with E-state index in [-0.39, 0.29) is 25.9 Å². The summed E-state index contributed by atoms with van der Waals surface area (Å²) in [6.07, 6.45) is -5.03. The van der Waals surface area contributed by atoms with Crippen molar-refractivity contribution in [2.45, 2.75) is 38.1 Å². The smallest absolute Gasteiger partial charge is 0.416 e. The van der Waals surface area contributed by atoms with Crippen LogP contribution < -0.4 is 5.32 Å². The second-order valence-electron chi connectivity index (χ2n) is 6.23. The molecule has 0 radical (unpaired) electrons. The van der Waals surface area contributed by atoms with Crippen LogP contribution in [0.5, 0.6) is 0 Å². The molecule has 0 bridgehead atoms. The predicted octanol–water partition coefficient (Wildman–Crippen LogP) is 4.41. The summed E-state index contributed by atoms with van der Waals surface area (Å²) in [7, 11) is 0. The Hall–Kier alpha value is -3.03. The highest BCUT2D eigenvalue weighted by Gasteiger charge is 2.30. The lowest BCUT2D eigenvalue weighted by atomic mass is 10.0. The molecule has 0 fully saturated rings. The van der Waals surface area contributed by atoms with Crippen LogP contribution in [-0.2, 0) is 28.7 Å². The Morgan fingerprint density at radius 2 is 1.64 bits per heavy atom. The lowest BCUT2D eigenvalue weighted by Gasteiger charge is -2.18. The number of amides is 1. The van der Waals surface area contributed by atoms with E-state index in [1.165, 1.54) is 12.1 Å². The number of carboxylic acids is 1. The van der Waals surface area contributed by atoms with E-state index in [1.54, 1.807) is 24.3 Å². The van der Waals surface area contributed by atoms with Crippen LogP contribution in [0, 0.1) is 0 Å². The van der Waals surface area contributed by atoms with Crippen molar-refractivity contribution in [2.75, 3.05) is 0 Å². The summed E-state index contributed by atoms with van der Waals surface area (Å²) >= 11 is 0. The lowest BCUT2D eigenvalue weighted by molar-refractivity contribution is -0.138. The second kappa shape index (κ2) is 9.77. The van der Waals surface area contributed by atoms with Crippen molar-refractivity contribution in [1.82, 2.24) is 5.32 Å². The standard InChI is InChI=1S/C20H20F3NO4/c21-20(22,23)16-8-6-14(7-9-16)12-17(10-11-18(25)26)24-19(27)28-13-15-4-2-1-3-5-15/h1-9,17H,10-13H2,(H,24,27)(H,25,26). The molecule has 2 aromatic rings. The van der Waals surface area contributed by atoms with E-state index in [4.69, 9.17) is 9.84 Å². The Bertz CT molecular complexity index is 776. The number of ether oxygens (including phenoxy) is 1. The molecule has 0 heterocycles. The number of halogens is 3. The molecule has 0 aliphatic rings. The van der Waals surface area contributed by atoms with Gasteiger partial charge in [0.1, 0.15) is 6.61 Å². The van der Waals surface area contributed by atoms with E-state index in [2.05, 4.69) is 5.32 Å². The van der Waals surface area contributed by atoms with E-state index >= 15 is 0 Å². The third-order valence-electron chi connectivity index (χ3n) is 4.00. The summed E-state index contributed by atoms with van der Waals surface area (Å²) in [5, 5.41) is 11.5. The molecule has 0 saturated heterocycles. The number of rotatable bonds is 8. The molecular weight excluding hydrogens is 375 g/mol. The zero-order valence-electron chi connectivity index (χ0n) is 14.9. The van der Waals surface area contributed by atoms with Gasteiger partial charge in [0.05, 0.1) is 5.56 Å². The Morgan fingerprint density at radius 1 is 1.00 bits per heavy atom. The minimum Gasteiger partial charge on any atom is -0.481 e.